The SMILES string of the molecule is [CH2]CNc1nc(NCc2ccc(Cl)c(F)c2)ncc1N. The van der Waals surface area contributed by atoms with E-state index in [1.807, 2.05) is 0 Å². The van der Waals surface area contributed by atoms with Crippen LogP contribution >= 0.6 is 11.6 Å². The van der Waals surface area contributed by atoms with Gasteiger partial charge in [-0.15, -0.1) is 0 Å². The molecule has 0 aliphatic carbocycles. The normalized spacial score (nSPS) is 10.3. The lowest BCUT2D eigenvalue weighted by Gasteiger charge is -2.09. The van der Waals surface area contributed by atoms with Crippen LogP contribution < -0.4 is 16.4 Å². The second-order valence-corrected chi connectivity index (χ2v) is 4.43. The van der Waals surface area contributed by atoms with Gasteiger partial charge in [-0.25, -0.2) is 9.37 Å². The fraction of sp³-hybridized carbons (Fsp3) is 0.154. The molecule has 2 aromatic rings. The fourth-order valence-electron chi connectivity index (χ4n) is 1.57. The first kappa shape index (κ1) is 14.3. The van der Waals surface area contributed by atoms with Crippen LogP contribution in [0.15, 0.2) is 24.4 Å². The molecule has 1 aromatic heterocycles. The minimum atomic E-state index is -0.455. The highest BCUT2D eigenvalue weighted by Crippen LogP contribution is 2.18. The summed E-state index contributed by atoms with van der Waals surface area (Å²) in [6, 6.07) is 4.60. The van der Waals surface area contributed by atoms with Crippen LogP contribution in [0.5, 0.6) is 0 Å². The third-order valence-corrected chi connectivity index (χ3v) is 2.85. The van der Waals surface area contributed by atoms with E-state index in [4.69, 9.17) is 17.3 Å². The Kier molecular flexibility index (Phi) is 4.57. The molecule has 0 fully saturated rings. The summed E-state index contributed by atoms with van der Waals surface area (Å²) in [4.78, 5) is 8.25. The first-order valence-electron chi connectivity index (χ1n) is 5.93. The topological polar surface area (TPSA) is 75.9 Å². The summed E-state index contributed by atoms with van der Waals surface area (Å²) in [5.41, 5.74) is 6.89. The fourth-order valence-corrected chi connectivity index (χ4v) is 1.68. The first-order valence-corrected chi connectivity index (χ1v) is 6.31. The largest absolute Gasteiger partial charge is 0.394 e. The van der Waals surface area contributed by atoms with E-state index in [2.05, 4.69) is 27.5 Å². The van der Waals surface area contributed by atoms with E-state index in [0.29, 0.717) is 30.5 Å². The molecule has 7 heteroatoms. The van der Waals surface area contributed by atoms with Gasteiger partial charge in [0, 0.05) is 13.1 Å². The predicted octanol–water partition coefficient (Wildman–Crippen LogP) is 2.71. The summed E-state index contributed by atoms with van der Waals surface area (Å²) in [6.45, 7) is 4.50. The second kappa shape index (κ2) is 6.38. The molecular weight excluding hydrogens is 281 g/mol. The van der Waals surface area contributed by atoms with Crippen LogP contribution in [0.1, 0.15) is 5.56 Å². The van der Waals surface area contributed by atoms with Gasteiger partial charge in [-0.1, -0.05) is 17.7 Å². The molecule has 0 saturated heterocycles. The number of nitrogen functional groups attached to an aromatic ring is 1. The van der Waals surface area contributed by atoms with Gasteiger partial charge in [-0.2, -0.15) is 4.98 Å². The minimum absolute atomic E-state index is 0.0967. The molecule has 0 aliphatic heterocycles. The molecule has 4 N–H and O–H groups in total. The Morgan fingerprint density at radius 2 is 2.15 bits per heavy atom. The number of halogens is 2. The average molecular weight is 295 g/mol. The van der Waals surface area contributed by atoms with Crippen LogP contribution in [0.25, 0.3) is 0 Å². The number of aromatic nitrogens is 2. The van der Waals surface area contributed by atoms with Gasteiger partial charge < -0.3 is 16.4 Å². The molecule has 0 bridgehead atoms. The zero-order chi connectivity index (χ0) is 14.5. The molecule has 0 aliphatic rings. The van der Waals surface area contributed by atoms with Gasteiger partial charge in [0.2, 0.25) is 5.95 Å². The van der Waals surface area contributed by atoms with Gasteiger partial charge in [0.1, 0.15) is 5.82 Å². The lowest BCUT2D eigenvalue weighted by molar-refractivity contribution is 0.626. The molecule has 0 amide bonds. The highest BCUT2D eigenvalue weighted by molar-refractivity contribution is 6.30. The smallest absolute Gasteiger partial charge is 0.225 e. The minimum Gasteiger partial charge on any atom is -0.394 e. The molecule has 105 valence electrons. The summed E-state index contributed by atoms with van der Waals surface area (Å²) in [6.07, 6.45) is 1.50. The lowest BCUT2D eigenvalue weighted by atomic mass is 10.2. The van der Waals surface area contributed by atoms with E-state index >= 15 is 0 Å². The van der Waals surface area contributed by atoms with Gasteiger partial charge in [0.15, 0.2) is 5.82 Å². The zero-order valence-corrected chi connectivity index (χ0v) is 11.4. The quantitative estimate of drug-likeness (QED) is 0.790. The Bertz CT molecular complexity index is 605. The number of hydrogen-bond acceptors (Lipinski definition) is 5. The molecule has 0 saturated carbocycles. The Morgan fingerprint density at radius 3 is 2.85 bits per heavy atom. The van der Waals surface area contributed by atoms with E-state index in [-0.39, 0.29) is 5.02 Å². The number of nitrogens with zero attached hydrogens (tertiary/aromatic N) is 2. The molecule has 0 atom stereocenters. The molecular formula is C13H14ClFN5. The van der Waals surface area contributed by atoms with Crippen LogP contribution in [-0.2, 0) is 6.54 Å². The summed E-state index contributed by atoms with van der Waals surface area (Å²) >= 11 is 5.62. The van der Waals surface area contributed by atoms with Gasteiger partial charge in [0.25, 0.3) is 0 Å². The van der Waals surface area contributed by atoms with E-state index in [9.17, 15) is 4.39 Å². The van der Waals surface area contributed by atoms with Crippen molar-refractivity contribution >= 4 is 29.1 Å². The second-order valence-electron chi connectivity index (χ2n) is 4.03. The van der Waals surface area contributed by atoms with Crippen molar-refractivity contribution in [1.29, 1.82) is 0 Å². The van der Waals surface area contributed by atoms with E-state index in [0.717, 1.165) is 5.56 Å². The third kappa shape index (κ3) is 3.48. The molecule has 0 unspecified atom stereocenters. The van der Waals surface area contributed by atoms with Crippen LogP contribution in [0, 0.1) is 12.7 Å². The van der Waals surface area contributed by atoms with E-state index in [1.165, 1.54) is 18.3 Å². The van der Waals surface area contributed by atoms with Crippen molar-refractivity contribution in [2.75, 3.05) is 22.9 Å². The number of hydrogen-bond donors (Lipinski definition) is 3. The summed E-state index contributed by atoms with van der Waals surface area (Å²) < 4.78 is 13.3. The molecule has 5 nitrogen and oxygen atoms in total. The van der Waals surface area contributed by atoms with Gasteiger partial charge in [-0.05, 0) is 24.6 Å². The van der Waals surface area contributed by atoms with Gasteiger partial charge in [0.05, 0.1) is 16.9 Å². The molecule has 1 aromatic carbocycles. The van der Waals surface area contributed by atoms with Crippen molar-refractivity contribution in [3.63, 3.8) is 0 Å². The number of nitrogens with two attached hydrogens (primary N) is 1. The Morgan fingerprint density at radius 1 is 1.35 bits per heavy atom. The zero-order valence-electron chi connectivity index (χ0n) is 10.7. The molecule has 1 radical (unpaired) electrons. The highest BCUT2D eigenvalue weighted by atomic mass is 35.5. The number of benzene rings is 1. The van der Waals surface area contributed by atoms with Crippen LogP contribution in [-0.4, -0.2) is 16.5 Å². The first-order chi connectivity index (χ1) is 9.60. The Balaban J connectivity index is 2.06. The number of nitrogens with one attached hydrogen (secondary N) is 2. The van der Waals surface area contributed by atoms with Crippen molar-refractivity contribution < 1.29 is 4.39 Å². The molecule has 0 spiro atoms. The molecule has 2 rings (SSSR count). The van der Waals surface area contributed by atoms with Crippen molar-refractivity contribution in [1.82, 2.24) is 9.97 Å². The average Bonchev–Trinajstić information content (AvgIpc) is 2.43. The number of rotatable bonds is 5. The number of anilines is 3. The van der Waals surface area contributed by atoms with Crippen molar-refractivity contribution in [2.24, 2.45) is 0 Å². The van der Waals surface area contributed by atoms with E-state index in [1.54, 1.807) is 6.07 Å². The van der Waals surface area contributed by atoms with Crippen LogP contribution in [0.2, 0.25) is 5.02 Å². The monoisotopic (exact) mass is 294 g/mol. The highest BCUT2D eigenvalue weighted by Gasteiger charge is 2.05. The summed E-state index contributed by atoms with van der Waals surface area (Å²) in [7, 11) is 0. The maximum atomic E-state index is 13.3. The van der Waals surface area contributed by atoms with Crippen molar-refractivity contribution in [2.45, 2.75) is 6.54 Å². The maximum Gasteiger partial charge on any atom is 0.225 e. The maximum absolute atomic E-state index is 13.3. The van der Waals surface area contributed by atoms with Crippen molar-refractivity contribution in [3.8, 4) is 0 Å². The third-order valence-electron chi connectivity index (χ3n) is 2.54. The standard InChI is InChI=1S/C13H14ClFN5/c1-2-17-12-11(16)7-19-13(20-12)18-6-8-3-4-9(14)10(15)5-8/h3-5,7H,1-2,6,16H2,(H2,17,18,19,20). The van der Waals surface area contributed by atoms with E-state index < -0.39 is 5.82 Å². The predicted molar refractivity (Wildman–Crippen MR) is 79.0 cm³/mol. The summed E-state index contributed by atoms with van der Waals surface area (Å²) in [5, 5.41) is 6.01. The Labute approximate surface area is 121 Å². The summed E-state index contributed by atoms with van der Waals surface area (Å²) in [5.74, 6) is 0.453. The molecule has 20 heavy (non-hydrogen) atoms. The van der Waals surface area contributed by atoms with Gasteiger partial charge >= 0.3 is 0 Å². The Hall–Kier alpha value is -2.08. The lowest BCUT2D eigenvalue weighted by Crippen LogP contribution is -2.09. The van der Waals surface area contributed by atoms with Crippen LogP contribution in [0.3, 0.4) is 0 Å². The van der Waals surface area contributed by atoms with Crippen LogP contribution in [0.4, 0.5) is 21.8 Å². The van der Waals surface area contributed by atoms with Gasteiger partial charge in [-0.3, -0.25) is 0 Å². The molecule has 1 heterocycles. The van der Waals surface area contributed by atoms with Crippen molar-refractivity contribution in [3.05, 3.63) is 47.7 Å².